The number of nitrogens with zero attached hydrogens (tertiary/aromatic N) is 3. The van der Waals surface area contributed by atoms with Gasteiger partial charge in [-0.25, -0.2) is 0 Å². The van der Waals surface area contributed by atoms with Crippen LogP contribution in [0.5, 0.6) is 0 Å². The predicted octanol–water partition coefficient (Wildman–Crippen LogP) is -0.310. The van der Waals surface area contributed by atoms with E-state index in [-0.39, 0.29) is 23.3 Å². The number of nitrogens with two attached hydrogens (primary N) is 1. The summed E-state index contributed by atoms with van der Waals surface area (Å²) in [6.45, 7) is -0.0326. The first-order valence-electron chi connectivity index (χ1n) is 5.21. The van der Waals surface area contributed by atoms with Crippen molar-refractivity contribution < 1.29 is 14.8 Å². The fraction of sp³-hybridized carbons (Fsp3) is 0.222. The zero-order valence-corrected chi connectivity index (χ0v) is 9.53. The van der Waals surface area contributed by atoms with Gasteiger partial charge in [0.1, 0.15) is 11.6 Å². The van der Waals surface area contributed by atoms with Crippen molar-refractivity contribution in [1.29, 1.82) is 0 Å². The second-order valence-corrected chi connectivity index (χ2v) is 3.74. The van der Waals surface area contributed by atoms with Crippen LogP contribution in [0.25, 0.3) is 11.0 Å². The Balaban J connectivity index is 2.30. The van der Waals surface area contributed by atoms with Crippen molar-refractivity contribution in [1.82, 2.24) is 15.4 Å². The Labute approximate surface area is 105 Å². The van der Waals surface area contributed by atoms with Crippen molar-refractivity contribution in [2.45, 2.75) is 6.04 Å². The second kappa shape index (κ2) is 4.86. The number of hydrogen-bond acceptors (Lipinski definition) is 7. The highest BCUT2D eigenvalue weighted by atomic mass is 16.6. The average molecular weight is 266 g/mol. The topological polar surface area (TPSA) is 160 Å². The molecule has 10 heteroatoms. The van der Waals surface area contributed by atoms with Crippen LogP contribution in [-0.2, 0) is 4.79 Å². The SMILES string of the molecule is NC(CNc1ccc([N+](=O)[O-])c2n[nH]nc12)C(=O)O. The summed E-state index contributed by atoms with van der Waals surface area (Å²) in [5.41, 5.74) is 5.94. The number of carbonyl (C=O) groups is 1. The molecule has 1 aromatic carbocycles. The number of aromatic nitrogens is 3. The van der Waals surface area contributed by atoms with Crippen LogP contribution in [-0.4, -0.2) is 44.0 Å². The van der Waals surface area contributed by atoms with Crippen molar-refractivity contribution in [2.24, 2.45) is 5.73 Å². The molecular formula is C9H10N6O4. The molecule has 0 bridgehead atoms. The largest absolute Gasteiger partial charge is 0.480 e. The van der Waals surface area contributed by atoms with E-state index in [4.69, 9.17) is 10.8 Å². The van der Waals surface area contributed by atoms with E-state index in [9.17, 15) is 14.9 Å². The van der Waals surface area contributed by atoms with Gasteiger partial charge in [0, 0.05) is 12.6 Å². The Kier molecular flexibility index (Phi) is 3.25. The van der Waals surface area contributed by atoms with Crippen LogP contribution in [0.2, 0.25) is 0 Å². The van der Waals surface area contributed by atoms with Gasteiger partial charge < -0.3 is 16.2 Å². The number of rotatable bonds is 5. The monoisotopic (exact) mass is 266 g/mol. The van der Waals surface area contributed by atoms with Gasteiger partial charge in [-0.2, -0.15) is 10.3 Å². The van der Waals surface area contributed by atoms with Crippen molar-refractivity contribution in [3.05, 3.63) is 22.2 Å². The molecule has 0 amide bonds. The Morgan fingerprint density at radius 1 is 1.53 bits per heavy atom. The first kappa shape index (κ1) is 12.7. The predicted molar refractivity (Wildman–Crippen MR) is 64.6 cm³/mol. The van der Waals surface area contributed by atoms with Crippen molar-refractivity contribution in [3.8, 4) is 0 Å². The molecule has 1 aromatic heterocycles. The maximum atomic E-state index is 10.8. The zero-order valence-electron chi connectivity index (χ0n) is 9.53. The number of fused-ring (bicyclic) bond motifs is 1. The van der Waals surface area contributed by atoms with Gasteiger partial charge in [-0.05, 0) is 6.07 Å². The molecule has 2 aromatic rings. The Morgan fingerprint density at radius 2 is 2.21 bits per heavy atom. The van der Waals surface area contributed by atoms with Crippen LogP contribution in [0.4, 0.5) is 11.4 Å². The summed E-state index contributed by atoms with van der Waals surface area (Å²) in [7, 11) is 0. The molecule has 0 radical (unpaired) electrons. The van der Waals surface area contributed by atoms with E-state index in [1.165, 1.54) is 12.1 Å². The lowest BCUT2D eigenvalue weighted by Crippen LogP contribution is -2.36. The fourth-order valence-electron chi connectivity index (χ4n) is 1.51. The third-order valence-electron chi connectivity index (χ3n) is 2.48. The number of H-pyrrole nitrogens is 1. The Hall–Kier alpha value is -2.75. The van der Waals surface area contributed by atoms with E-state index >= 15 is 0 Å². The van der Waals surface area contributed by atoms with Crippen LogP contribution in [0.15, 0.2) is 12.1 Å². The second-order valence-electron chi connectivity index (χ2n) is 3.74. The van der Waals surface area contributed by atoms with Crippen LogP contribution < -0.4 is 11.1 Å². The van der Waals surface area contributed by atoms with E-state index in [1.54, 1.807) is 0 Å². The first-order chi connectivity index (χ1) is 9.00. The Bertz CT molecular complexity index is 639. The number of nitro benzene ring substituents is 1. The minimum absolute atomic E-state index is 0.0326. The fourth-order valence-corrected chi connectivity index (χ4v) is 1.51. The van der Waals surface area contributed by atoms with Crippen molar-refractivity contribution >= 4 is 28.4 Å². The summed E-state index contributed by atoms with van der Waals surface area (Å²) >= 11 is 0. The van der Waals surface area contributed by atoms with Crippen LogP contribution >= 0.6 is 0 Å². The lowest BCUT2D eigenvalue weighted by molar-refractivity contribution is -0.383. The molecule has 1 atom stereocenters. The summed E-state index contributed by atoms with van der Waals surface area (Å²) in [6, 6.07) is 1.61. The number of nitro groups is 1. The summed E-state index contributed by atoms with van der Waals surface area (Å²) in [5.74, 6) is -1.15. The third kappa shape index (κ3) is 2.42. The molecule has 0 aliphatic heterocycles. The number of anilines is 1. The van der Waals surface area contributed by atoms with Crippen molar-refractivity contribution in [2.75, 3.05) is 11.9 Å². The number of benzene rings is 1. The van der Waals surface area contributed by atoms with Crippen LogP contribution in [0, 0.1) is 10.1 Å². The molecule has 1 heterocycles. The van der Waals surface area contributed by atoms with E-state index in [2.05, 4.69) is 20.7 Å². The van der Waals surface area contributed by atoms with Crippen molar-refractivity contribution in [3.63, 3.8) is 0 Å². The molecular weight excluding hydrogens is 256 g/mol. The standard InChI is InChI=1S/C9H10N6O4/c10-4(9(16)17)3-11-5-1-2-6(15(18)19)8-7(5)12-14-13-8/h1-2,4,11H,3,10H2,(H,16,17)(H,12,13,14). The highest BCUT2D eigenvalue weighted by Gasteiger charge is 2.19. The number of carboxylic acids is 1. The molecule has 1 unspecified atom stereocenters. The van der Waals surface area contributed by atoms with Gasteiger partial charge >= 0.3 is 5.97 Å². The molecule has 2 rings (SSSR count). The molecule has 0 fully saturated rings. The third-order valence-corrected chi connectivity index (χ3v) is 2.48. The normalized spacial score (nSPS) is 12.3. The molecule has 5 N–H and O–H groups in total. The highest BCUT2D eigenvalue weighted by molar-refractivity contribution is 5.93. The number of aliphatic carboxylic acids is 1. The molecule has 19 heavy (non-hydrogen) atoms. The first-order valence-corrected chi connectivity index (χ1v) is 5.21. The number of carboxylic acid groups (broad SMARTS) is 1. The van der Waals surface area contributed by atoms with E-state index < -0.39 is 16.9 Å². The van der Waals surface area contributed by atoms with Gasteiger partial charge in [0.05, 0.1) is 10.6 Å². The number of non-ortho nitro benzene ring substituents is 1. The minimum atomic E-state index is -1.15. The molecule has 0 aliphatic carbocycles. The summed E-state index contributed by atoms with van der Waals surface area (Å²) in [5, 5.41) is 32.0. The number of nitrogens with one attached hydrogen (secondary N) is 2. The van der Waals surface area contributed by atoms with Crippen LogP contribution in [0.1, 0.15) is 0 Å². The van der Waals surface area contributed by atoms with E-state index in [0.717, 1.165) is 0 Å². The summed E-state index contributed by atoms with van der Waals surface area (Å²) < 4.78 is 0. The number of aromatic amines is 1. The zero-order chi connectivity index (χ0) is 14.0. The van der Waals surface area contributed by atoms with Gasteiger partial charge in [0.15, 0.2) is 5.52 Å². The van der Waals surface area contributed by atoms with Gasteiger partial charge in [-0.15, -0.1) is 5.10 Å². The van der Waals surface area contributed by atoms with E-state index in [1.807, 2.05) is 0 Å². The smallest absolute Gasteiger partial charge is 0.322 e. The average Bonchev–Trinajstić information content (AvgIpc) is 2.83. The molecule has 0 saturated carbocycles. The molecule has 0 saturated heterocycles. The maximum absolute atomic E-state index is 10.8. The van der Waals surface area contributed by atoms with Gasteiger partial charge in [0.25, 0.3) is 5.69 Å². The van der Waals surface area contributed by atoms with Gasteiger partial charge in [0.2, 0.25) is 0 Å². The highest BCUT2D eigenvalue weighted by Crippen LogP contribution is 2.27. The maximum Gasteiger partial charge on any atom is 0.322 e. The van der Waals surface area contributed by atoms with Gasteiger partial charge in [-0.1, -0.05) is 0 Å². The lowest BCUT2D eigenvalue weighted by atomic mass is 10.2. The quantitative estimate of drug-likeness (QED) is 0.423. The molecule has 0 aliphatic rings. The summed E-state index contributed by atoms with van der Waals surface area (Å²) in [6.07, 6.45) is 0. The summed E-state index contributed by atoms with van der Waals surface area (Å²) in [4.78, 5) is 20.8. The van der Waals surface area contributed by atoms with Crippen LogP contribution in [0.3, 0.4) is 0 Å². The minimum Gasteiger partial charge on any atom is -0.480 e. The van der Waals surface area contributed by atoms with Gasteiger partial charge in [-0.3, -0.25) is 14.9 Å². The number of hydrogen-bond donors (Lipinski definition) is 4. The molecule has 10 nitrogen and oxygen atoms in total. The lowest BCUT2D eigenvalue weighted by Gasteiger charge is -2.09. The Morgan fingerprint density at radius 3 is 2.84 bits per heavy atom. The molecule has 100 valence electrons. The molecule has 0 spiro atoms. The van der Waals surface area contributed by atoms with E-state index in [0.29, 0.717) is 5.69 Å².